The van der Waals surface area contributed by atoms with Crippen LogP contribution in [0.1, 0.15) is 80.1 Å². The van der Waals surface area contributed by atoms with Gasteiger partial charge in [0.15, 0.2) is 0 Å². The lowest BCUT2D eigenvalue weighted by atomic mass is 9.51. The van der Waals surface area contributed by atoms with Crippen LogP contribution in [0.15, 0.2) is 42.6 Å². The van der Waals surface area contributed by atoms with Crippen molar-refractivity contribution in [3.63, 3.8) is 0 Å². The van der Waals surface area contributed by atoms with E-state index < -0.39 is 5.60 Å². The predicted octanol–water partition coefficient (Wildman–Crippen LogP) is 5.89. The number of hydrogen-bond donors (Lipinski definition) is 2. The van der Waals surface area contributed by atoms with Crippen LogP contribution in [-0.2, 0) is 22.5 Å². The highest BCUT2D eigenvalue weighted by molar-refractivity contribution is 5.98. The lowest BCUT2D eigenvalue weighted by Gasteiger charge is -2.60. The van der Waals surface area contributed by atoms with Crippen molar-refractivity contribution in [3.8, 4) is 0 Å². The van der Waals surface area contributed by atoms with Crippen LogP contribution in [0.3, 0.4) is 0 Å². The number of pyridine rings is 1. The van der Waals surface area contributed by atoms with Gasteiger partial charge in [-0.15, -0.1) is 0 Å². The Morgan fingerprint density at radius 2 is 1.82 bits per heavy atom. The summed E-state index contributed by atoms with van der Waals surface area (Å²) in [4.78, 5) is 30.6. The minimum Gasteiger partial charge on any atom is -0.457 e. The number of hydrogen-bond acceptors (Lipinski definition) is 6. The van der Waals surface area contributed by atoms with Crippen LogP contribution in [0.5, 0.6) is 0 Å². The van der Waals surface area contributed by atoms with E-state index in [0.717, 1.165) is 61.0 Å². The van der Waals surface area contributed by atoms with Gasteiger partial charge in [-0.3, -0.25) is 4.98 Å². The standard InChI is InChI=1S/C31H37N3O4/c1-30(2,3)38-29(36)34-31-14-20-12-21(15-31)26(22(13-20)16-31)33-27-23-10-7-11-25(23)32-17-24(27)28(35)37-18-19-8-5-4-6-9-19/h4-10,17,20-22,26H,11-16,18H2,1-3H3,(H,32,33)(H,34,36). The number of anilines is 1. The molecule has 7 rings (SSSR count). The molecule has 2 atom stereocenters. The highest BCUT2D eigenvalue weighted by Crippen LogP contribution is 2.56. The van der Waals surface area contributed by atoms with Crippen molar-refractivity contribution in [2.75, 3.05) is 5.32 Å². The molecule has 5 aliphatic rings. The first kappa shape index (κ1) is 25.0. The van der Waals surface area contributed by atoms with E-state index in [1.807, 2.05) is 51.1 Å². The number of alkyl carbamates (subject to hydrolysis) is 1. The molecule has 1 aromatic carbocycles. The Balaban J connectivity index is 1.22. The second kappa shape index (κ2) is 9.44. The maximum Gasteiger partial charge on any atom is 0.408 e. The third kappa shape index (κ3) is 4.91. The molecule has 0 spiro atoms. The Bertz CT molecular complexity index is 1250. The molecule has 2 unspecified atom stereocenters. The molecule has 1 amide bonds. The number of amides is 1. The number of aromatic nitrogens is 1. The van der Waals surface area contributed by atoms with Crippen LogP contribution in [-0.4, -0.2) is 34.2 Å². The van der Waals surface area contributed by atoms with Crippen molar-refractivity contribution >= 4 is 23.8 Å². The zero-order valence-corrected chi connectivity index (χ0v) is 22.5. The molecule has 4 saturated carbocycles. The second-order valence-electron chi connectivity index (χ2n) is 12.6. The summed E-state index contributed by atoms with van der Waals surface area (Å²) < 4.78 is 11.3. The number of fused-ring (bicyclic) bond motifs is 1. The number of allylic oxidation sites excluding steroid dienone is 1. The lowest BCUT2D eigenvalue weighted by molar-refractivity contribution is -0.0349. The first-order chi connectivity index (χ1) is 18.2. The first-order valence-electron chi connectivity index (χ1n) is 13.9. The fraction of sp³-hybridized carbons (Fsp3) is 0.516. The molecule has 4 bridgehead atoms. The maximum atomic E-state index is 13.3. The first-order valence-corrected chi connectivity index (χ1v) is 13.9. The summed E-state index contributed by atoms with van der Waals surface area (Å²) in [6.07, 6.45) is 11.4. The second-order valence-corrected chi connectivity index (χ2v) is 12.6. The van der Waals surface area contributed by atoms with Gasteiger partial charge in [0.25, 0.3) is 0 Å². The topological polar surface area (TPSA) is 89.6 Å². The zero-order valence-electron chi connectivity index (χ0n) is 22.5. The number of nitrogens with one attached hydrogen (secondary N) is 2. The Morgan fingerprint density at radius 1 is 1.08 bits per heavy atom. The number of benzene rings is 1. The van der Waals surface area contributed by atoms with Gasteiger partial charge in [0.05, 0.1) is 11.4 Å². The summed E-state index contributed by atoms with van der Waals surface area (Å²) >= 11 is 0. The van der Waals surface area contributed by atoms with Crippen LogP contribution in [0.25, 0.3) is 6.08 Å². The van der Waals surface area contributed by atoms with Crippen molar-refractivity contribution in [1.29, 1.82) is 0 Å². The van der Waals surface area contributed by atoms with Crippen molar-refractivity contribution in [3.05, 3.63) is 65.0 Å². The van der Waals surface area contributed by atoms with Gasteiger partial charge >= 0.3 is 12.1 Å². The van der Waals surface area contributed by atoms with Gasteiger partial charge in [-0.2, -0.15) is 0 Å². The van der Waals surface area contributed by atoms with Crippen molar-refractivity contribution in [2.24, 2.45) is 17.8 Å². The molecule has 5 aliphatic carbocycles. The van der Waals surface area contributed by atoms with E-state index in [1.54, 1.807) is 6.20 Å². The van der Waals surface area contributed by atoms with Crippen LogP contribution in [0, 0.1) is 17.8 Å². The van der Waals surface area contributed by atoms with Gasteiger partial charge in [-0.05, 0) is 76.2 Å². The average molecular weight is 516 g/mol. The van der Waals surface area contributed by atoms with E-state index >= 15 is 0 Å². The van der Waals surface area contributed by atoms with Crippen LogP contribution >= 0.6 is 0 Å². The molecule has 7 heteroatoms. The summed E-state index contributed by atoms with van der Waals surface area (Å²) in [5.74, 6) is 1.08. The zero-order chi connectivity index (χ0) is 26.5. The molecule has 2 aromatic rings. The Labute approximate surface area is 224 Å². The predicted molar refractivity (Wildman–Crippen MR) is 146 cm³/mol. The quantitative estimate of drug-likeness (QED) is 0.466. The summed E-state index contributed by atoms with van der Waals surface area (Å²) in [6, 6.07) is 9.96. The number of carbonyl (C=O) groups excluding carboxylic acids is 2. The molecule has 1 aromatic heterocycles. The van der Waals surface area contributed by atoms with Crippen LogP contribution < -0.4 is 10.6 Å². The molecule has 200 valence electrons. The highest BCUT2D eigenvalue weighted by atomic mass is 16.6. The fourth-order valence-corrected chi connectivity index (χ4v) is 7.41. The molecular formula is C31H37N3O4. The summed E-state index contributed by atoms with van der Waals surface area (Å²) in [7, 11) is 0. The molecule has 38 heavy (non-hydrogen) atoms. The average Bonchev–Trinajstić information content (AvgIpc) is 3.33. The maximum absolute atomic E-state index is 13.3. The van der Waals surface area contributed by atoms with Gasteiger partial charge in [0.1, 0.15) is 17.8 Å². The third-order valence-corrected chi connectivity index (χ3v) is 8.58. The normalized spacial score (nSPS) is 28.6. The molecule has 0 aliphatic heterocycles. The number of ether oxygens (including phenoxy) is 2. The number of rotatable bonds is 6. The van der Waals surface area contributed by atoms with E-state index in [1.165, 1.54) is 0 Å². The van der Waals surface area contributed by atoms with E-state index in [-0.39, 0.29) is 30.3 Å². The van der Waals surface area contributed by atoms with E-state index in [0.29, 0.717) is 23.3 Å². The third-order valence-electron chi connectivity index (χ3n) is 8.58. The largest absolute Gasteiger partial charge is 0.457 e. The Hall–Kier alpha value is -3.35. The fourth-order valence-electron chi connectivity index (χ4n) is 7.41. The Morgan fingerprint density at radius 3 is 2.53 bits per heavy atom. The monoisotopic (exact) mass is 515 g/mol. The number of esters is 1. The molecule has 4 fully saturated rings. The van der Waals surface area contributed by atoms with Gasteiger partial charge in [0.2, 0.25) is 0 Å². The van der Waals surface area contributed by atoms with E-state index in [2.05, 4.69) is 27.8 Å². The molecule has 7 nitrogen and oxygen atoms in total. The minimum absolute atomic E-state index is 0.200. The molecule has 2 N–H and O–H groups in total. The summed E-state index contributed by atoms with van der Waals surface area (Å²) in [5, 5.41) is 7.13. The van der Waals surface area contributed by atoms with Crippen molar-refractivity contribution < 1.29 is 19.1 Å². The molecular weight excluding hydrogens is 478 g/mol. The molecule has 0 radical (unpaired) electrons. The van der Waals surface area contributed by atoms with Gasteiger partial charge in [0, 0.05) is 29.8 Å². The smallest absolute Gasteiger partial charge is 0.408 e. The highest BCUT2D eigenvalue weighted by Gasteiger charge is 2.56. The molecule has 0 saturated heterocycles. The van der Waals surface area contributed by atoms with Crippen LogP contribution in [0.2, 0.25) is 0 Å². The summed E-state index contributed by atoms with van der Waals surface area (Å²) in [5.41, 5.74) is 3.54. The SMILES string of the molecule is CC(C)(C)OC(=O)NC12CC3CC(C1)C(Nc1c(C(=O)OCc4ccccc4)cnc4c1C=CC4)C(C3)C2. The van der Waals surface area contributed by atoms with Crippen LogP contribution in [0.4, 0.5) is 10.5 Å². The lowest BCUT2D eigenvalue weighted by Crippen LogP contribution is -2.65. The number of nitrogens with zero attached hydrogens (tertiary/aromatic N) is 1. The van der Waals surface area contributed by atoms with Gasteiger partial charge < -0.3 is 20.1 Å². The molecule has 1 heterocycles. The Kier molecular flexibility index (Phi) is 6.20. The van der Waals surface area contributed by atoms with E-state index in [9.17, 15) is 9.59 Å². The van der Waals surface area contributed by atoms with Gasteiger partial charge in [-0.1, -0.05) is 42.5 Å². The van der Waals surface area contributed by atoms with Crippen molar-refractivity contribution in [1.82, 2.24) is 10.3 Å². The number of carbonyl (C=O) groups is 2. The van der Waals surface area contributed by atoms with Gasteiger partial charge in [-0.25, -0.2) is 9.59 Å². The minimum atomic E-state index is -0.517. The van der Waals surface area contributed by atoms with E-state index in [4.69, 9.17) is 9.47 Å². The summed E-state index contributed by atoms with van der Waals surface area (Å²) in [6.45, 7) is 5.92. The van der Waals surface area contributed by atoms with Crippen molar-refractivity contribution in [2.45, 2.75) is 83.1 Å².